The van der Waals surface area contributed by atoms with Gasteiger partial charge in [-0.1, -0.05) is 67.6 Å². The number of hydrogen-bond donors (Lipinski definition) is 1. The van der Waals surface area contributed by atoms with Crippen molar-refractivity contribution < 1.29 is 9.59 Å². The van der Waals surface area contributed by atoms with E-state index in [9.17, 15) is 9.59 Å². The van der Waals surface area contributed by atoms with E-state index in [0.29, 0.717) is 13.1 Å². The molecule has 0 fully saturated rings. The molecule has 32 heavy (non-hydrogen) atoms. The smallest absolute Gasteiger partial charge is 0.322 e. The monoisotopic (exact) mass is 447 g/mol. The van der Waals surface area contributed by atoms with E-state index >= 15 is 0 Å². The molecule has 0 aliphatic carbocycles. The van der Waals surface area contributed by atoms with Crippen molar-refractivity contribution in [2.45, 2.75) is 26.4 Å². The predicted octanol–water partition coefficient (Wildman–Crippen LogP) is 5.56. The van der Waals surface area contributed by atoms with Gasteiger partial charge in [0.25, 0.3) is 0 Å². The quantitative estimate of drug-likeness (QED) is 0.414. The Morgan fingerprint density at radius 1 is 0.969 bits per heavy atom. The van der Waals surface area contributed by atoms with Gasteiger partial charge in [-0.05, 0) is 35.1 Å². The number of hydrogen-bond acceptors (Lipinski definition) is 3. The number of benzene rings is 2. The van der Waals surface area contributed by atoms with Crippen molar-refractivity contribution in [2.24, 2.45) is 0 Å². The van der Waals surface area contributed by atoms with Crippen molar-refractivity contribution in [2.75, 3.05) is 18.4 Å². The summed E-state index contributed by atoms with van der Waals surface area (Å²) in [6.45, 7) is 7.05. The van der Waals surface area contributed by atoms with Crippen molar-refractivity contribution in [3.05, 3.63) is 101 Å². The normalized spacial score (nSPS) is 10.4. The number of nitrogens with zero attached hydrogens (tertiary/aromatic N) is 2. The summed E-state index contributed by atoms with van der Waals surface area (Å²) in [4.78, 5) is 30.7. The average Bonchev–Trinajstić information content (AvgIpc) is 3.32. The molecule has 0 saturated heterocycles. The van der Waals surface area contributed by atoms with E-state index in [1.807, 2.05) is 79.0 Å². The van der Waals surface area contributed by atoms with Crippen LogP contribution in [-0.2, 0) is 24.3 Å². The number of anilines is 1. The Bertz CT molecular complexity index is 1020. The Morgan fingerprint density at radius 2 is 1.72 bits per heavy atom. The van der Waals surface area contributed by atoms with E-state index in [-0.39, 0.29) is 25.0 Å². The van der Waals surface area contributed by atoms with Crippen LogP contribution in [0.2, 0.25) is 0 Å². The van der Waals surface area contributed by atoms with E-state index in [0.717, 1.165) is 28.1 Å². The molecule has 3 amide bonds. The fraction of sp³-hybridized carbons (Fsp3) is 0.231. The topological polar surface area (TPSA) is 52.7 Å². The lowest BCUT2D eigenvalue weighted by Gasteiger charge is -2.27. The maximum absolute atomic E-state index is 13.3. The lowest BCUT2D eigenvalue weighted by molar-refractivity contribution is -0.132. The van der Waals surface area contributed by atoms with Gasteiger partial charge >= 0.3 is 6.03 Å². The molecule has 0 aliphatic heterocycles. The van der Waals surface area contributed by atoms with Crippen LogP contribution in [0.3, 0.4) is 0 Å². The molecule has 3 aromatic rings. The Labute approximate surface area is 194 Å². The molecule has 2 aromatic carbocycles. The van der Waals surface area contributed by atoms with Gasteiger partial charge in [-0.3, -0.25) is 4.79 Å². The zero-order valence-corrected chi connectivity index (χ0v) is 19.2. The summed E-state index contributed by atoms with van der Waals surface area (Å²) in [6, 6.07) is 21.3. The number of rotatable bonds is 10. The number of carbonyl (C=O) groups excluding carboxylic acids is 2. The van der Waals surface area contributed by atoms with Gasteiger partial charge < -0.3 is 15.1 Å². The molecule has 0 unspecified atom stereocenters. The zero-order valence-electron chi connectivity index (χ0n) is 18.4. The fourth-order valence-corrected chi connectivity index (χ4v) is 4.13. The highest BCUT2D eigenvalue weighted by Crippen LogP contribution is 2.17. The molecule has 1 aromatic heterocycles. The number of aryl methyl sites for hydroxylation is 1. The van der Waals surface area contributed by atoms with Gasteiger partial charge in [0.05, 0.1) is 6.54 Å². The standard InChI is InChI=1S/C26H29N3O2S/c1-3-16-28(26(31)27-24-15-9-8-13-22(24)4-2)20-25(30)29(19-23-14-10-17-32-23)18-21-11-6-5-7-12-21/h3,5-15,17H,1,4,16,18-20H2,2H3,(H,27,31). The molecule has 1 heterocycles. The number of amides is 3. The van der Waals surface area contributed by atoms with Crippen LogP contribution in [0.15, 0.2) is 84.8 Å². The van der Waals surface area contributed by atoms with Gasteiger partial charge in [-0.15, -0.1) is 17.9 Å². The number of carbonyl (C=O) groups is 2. The van der Waals surface area contributed by atoms with Gasteiger partial charge in [0.1, 0.15) is 6.54 Å². The minimum absolute atomic E-state index is 0.0235. The van der Waals surface area contributed by atoms with Crippen molar-refractivity contribution in [3.63, 3.8) is 0 Å². The number of nitrogens with one attached hydrogen (secondary N) is 1. The van der Waals surface area contributed by atoms with Crippen molar-refractivity contribution >= 4 is 29.0 Å². The molecule has 166 valence electrons. The molecule has 0 atom stereocenters. The molecule has 0 bridgehead atoms. The Morgan fingerprint density at radius 3 is 2.41 bits per heavy atom. The van der Waals surface area contributed by atoms with Gasteiger partial charge in [0.2, 0.25) is 5.91 Å². The van der Waals surface area contributed by atoms with Gasteiger partial charge in [-0.2, -0.15) is 0 Å². The van der Waals surface area contributed by atoms with E-state index in [2.05, 4.69) is 11.9 Å². The van der Waals surface area contributed by atoms with Crippen molar-refractivity contribution in [3.8, 4) is 0 Å². The highest BCUT2D eigenvalue weighted by atomic mass is 32.1. The maximum Gasteiger partial charge on any atom is 0.322 e. The van der Waals surface area contributed by atoms with Crippen LogP contribution >= 0.6 is 11.3 Å². The van der Waals surface area contributed by atoms with Crippen LogP contribution < -0.4 is 5.32 Å². The first-order valence-electron chi connectivity index (χ1n) is 10.7. The fourth-order valence-electron chi connectivity index (χ4n) is 3.41. The highest BCUT2D eigenvalue weighted by Gasteiger charge is 2.22. The molecule has 0 aliphatic rings. The number of para-hydroxylation sites is 1. The lowest BCUT2D eigenvalue weighted by Crippen LogP contribution is -2.44. The first-order chi connectivity index (χ1) is 15.6. The molecule has 0 spiro atoms. The second kappa shape index (κ2) is 11.9. The second-order valence-corrected chi connectivity index (χ2v) is 8.46. The van der Waals surface area contributed by atoms with E-state index in [1.54, 1.807) is 22.3 Å². The third-order valence-electron chi connectivity index (χ3n) is 5.10. The first-order valence-corrected chi connectivity index (χ1v) is 11.6. The third-order valence-corrected chi connectivity index (χ3v) is 5.96. The second-order valence-electron chi connectivity index (χ2n) is 7.42. The maximum atomic E-state index is 13.3. The summed E-state index contributed by atoms with van der Waals surface area (Å²) in [7, 11) is 0. The summed E-state index contributed by atoms with van der Waals surface area (Å²) in [5.41, 5.74) is 2.87. The summed E-state index contributed by atoms with van der Waals surface area (Å²) in [6.07, 6.45) is 2.45. The van der Waals surface area contributed by atoms with Gasteiger partial charge in [0, 0.05) is 23.7 Å². The van der Waals surface area contributed by atoms with Gasteiger partial charge in [-0.25, -0.2) is 4.79 Å². The van der Waals surface area contributed by atoms with Crippen LogP contribution in [-0.4, -0.2) is 34.8 Å². The Hall–Kier alpha value is -3.38. The summed E-state index contributed by atoms with van der Waals surface area (Å²) in [5.74, 6) is -0.108. The van der Waals surface area contributed by atoms with Crippen LogP contribution in [0.4, 0.5) is 10.5 Å². The van der Waals surface area contributed by atoms with Crippen LogP contribution in [0, 0.1) is 0 Å². The molecule has 6 heteroatoms. The van der Waals surface area contributed by atoms with E-state index in [1.165, 1.54) is 4.90 Å². The van der Waals surface area contributed by atoms with Crippen LogP contribution in [0.1, 0.15) is 22.9 Å². The predicted molar refractivity (Wildman–Crippen MR) is 132 cm³/mol. The molecule has 3 rings (SSSR count). The summed E-state index contributed by atoms with van der Waals surface area (Å²) < 4.78 is 0. The third kappa shape index (κ3) is 6.56. The summed E-state index contributed by atoms with van der Waals surface area (Å²) >= 11 is 1.62. The van der Waals surface area contributed by atoms with Crippen LogP contribution in [0.25, 0.3) is 0 Å². The molecular weight excluding hydrogens is 418 g/mol. The first kappa shape index (κ1) is 23.3. The highest BCUT2D eigenvalue weighted by molar-refractivity contribution is 7.09. The van der Waals surface area contributed by atoms with Crippen molar-refractivity contribution in [1.29, 1.82) is 0 Å². The average molecular weight is 448 g/mol. The zero-order chi connectivity index (χ0) is 22.8. The molecule has 1 N–H and O–H groups in total. The SMILES string of the molecule is C=CCN(CC(=O)N(Cc1ccccc1)Cc1cccs1)C(=O)Nc1ccccc1CC. The molecular formula is C26H29N3O2S. The Kier molecular flexibility index (Phi) is 8.63. The minimum atomic E-state index is -0.310. The van der Waals surface area contributed by atoms with E-state index in [4.69, 9.17) is 0 Å². The minimum Gasteiger partial charge on any atom is -0.332 e. The molecule has 0 saturated carbocycles. The van der Waals surface area contributed by atoms with Gasteiger partial charge in [0.15, 0.2) is 0 Å². The molecule has 0 radical (unpaired) electrons. The number of urea groups is 1. The largest absolute Gasteiger partial charge is 0.332 e. The molecule has 5 nitrogen and oxygen atoms in total. The lowest BCUT2D eigenvalue weighted by atomic mass is 10.1. The van der Waals surface area contributed by atoms with Crippen LogP contribution in [0.5, 0.6) is 0 Å². The Balaban J connectivity index is 1.74. The van der Waals surface area contributed by atoms with E-state index < -0.39 is 0 Å². The number of thiophene rings is 1. The van der Waals surface area contributed by atoms with Crippen molar-refractivity contribution in [1.82, 2.24) is 9.80 Å². The summed E-state index contributed by atoms with van der Waals surface area (Å²) in [5, 5.41) is 4.96.